The second-order valence-electron chi connectivity index (χ2n) is 7.98. The summed E-state index contributed by atoms with van der Waals surface area (Å²) in [7, 11) is 0. The molecule has 5 heteroatoms. The van der Waals surface area contributed by atoms with Crippen molar-refractivity contribution in [3.05, 3.63) is 89.1 Å². The average Bonchev–Trinajstić information content (AvgIpc) is 3.22. The van der Waals surface area contributed by atoms with E-state index in [1.807, 2.05) is 26.0 Å². The normalized spacial score (nSPS) is 26.5. The Labute approximate surface area is 173 Å². The number of pyridine rings is 1. The Morgan fingerprint density at radius 1 is 1.03 bits per heavy atom. The number of nitrogens with zero attached hydrogens (tertiary/aromatic N) is 1. The number of hydrogen-bond acceptors (Lipinski definition) is 3. The highest BCUT2D eigenvalue weighted by molar-refractivity contribution is 5.96. The molecule has 0 amide bonds. The van der Waals surface area contributed by atoms with Gasteiger partial charge in [-0.1, -0.05) is 38.1 Å². The molecule has 152 valence electrons. The number of ether oxygens (including phenoxy) is 1. The Morgan fingerprint density at radius 3 is 2.50 bits per heavy atom. The average molecular weight is 405 g/mol. The topological polar surface area (TPSA) is 39.2 Å². The molecular formula is C25H21F2NO2. The molecule has 30 heavy (non-hydrogen) atoms. The maximum atomic E-state index is 15.2. The number of rotatable bonds is 4. The van der Waals surface area contributed by atoms with Gasteiger partial charge in [0.25, 0.3) is 0 Å². The van der Waals surface area contributed by atoms with Crippen molar-refractivity contribution in [1.29, 1.82) is 0 Å². The first-order chi connectivity index (χ1) is 14.5. The molecule has 2 aromatic carbocycles. The van der Waals surface area contributed by atoms with Gasteiger partial charge in [0.1, 0.15) is 11.6 Å². The second-order valence-corrected chi connectivity index (χ2v) is 7.98. The van der Waals surface area contributed by atoms with Crippen molar-refractivity contribution >= 4 is 5.97 Å². The van der Waals surface area contributed by atoms with Crippen LogP contribution in [0.4, 0.5) is 8.78 Å². The monoisotopic (exact) mass is 405 g/mol. The van der Waals surface area contributed by atoms with E-state index in [1.165, 1.54) is 6.07 Å². The summed E-state index contributed by atoms with van der Waals surface area (Å²) >= 11 is 0. The van der Waals surface area contributed by atoms with Gasteiger partial charge in [-0.2, -0.15) is 0 Å². The third kappa shape index (κ3) is 2.18. The fourth-order valence-corrected chi connectivity index (χ4v) is 5.84. The Morgan fingerprint density at radius 2 is 1.80 bits per heavy atom. The fourth-order valence-electron chi connectivity index (χ4n) is 5.84. The molecule has 1 aliphatic carbocycles. The van der Waals surface area contributed by atoms with Crippen LogP contribution in [-0.4, -0.2) is 11.0 Å². The van der Waals surface area contributed by atoms with Crippen molar-refractivity contribution in [3.8, 4) is 11.3 Å². The highest BCUT2D eigenvalue weighted by Crippen LogP contribution is 2.76. The van der Waals surface area contributed by atoms with Gasteiger partial charge < -0.3 is 4.74 Å². The number of fused-ring (bicyclic) bond motifs is 2. The van der Waals surface area contributed by atoms with Crippen molar-refractivity contribution in [2.75, 3.05) is 0 Å². The summed E-state index contributed by atoms with van der Waals surface area (Å²) in [4.78, 5) is 17.1. The quantitative estimate of drug-likeness (QED) is 0.517. The lowest BCUT2D eigenvalue weighted by molar-refractivity contribution is 0.0202. The molecule has 1 spiro atoms. The molecule has 3 nitrogen and oxygen atoms in total. The van der Waals surface area contributed by atoms with Gasteiger partial charge in [-0.25, -0.2) is 13.6 Å². The minimum atomic E-state index is -0.923. The summed E-state index contributed by atoms with van der Waals surface area (Å²) in [5.74, 6) is -1.78. The first-order valence-electron chi connectivity index (χ1n) is 10.2. The van der Waals surface area contributed by atoms with E-state index in [1.54, 1.807) is 36.5 Å². The molecule has 1 saturated carbocycles. The summed E-state index contributed by atoms with van der Waals surface area (Å²) in [5.41, 5.74) is 0.899. The maximum Gasteiger partial charge on any atom is 0.339 e. The van der Waals surface area contributed by atoms with E-state index in [0.717, 1.165) is 11.6 Å². The summed E-state index contributed by atoms with van der Waals surface area (Å²) in [5, 5.41) is 0. The molecule has 5 rings (SSSR count). The first-order valence-corrected chi connectivity index (χ1v) is 10.2. The van der Waals surface area contributed by atoms with E-state index in [4.69, 9.17) is 4.74 Å². The van der Waals surface area contributed by atoms with Crippen LogP contribution in [-0.2, 0) is 15.8 Å². The highest BCUT2D eigenvalue weighted by atomic mass is 19.1. The van der Waals surface area contributed by atoms with Crippen LogP contribution in [0.1, 0.15) is 48.2 Å². The van der Waals surface area contributed by atoms with E-state index in [2.05, 4.69) is 4.98 Å². The van der Waals surface area contributed by atoms with E-state index >= 15 is 4.39 Å². The highest BCUT2D eigenvalue weighted by Gasteiger charge is 2.81. The number of carbonyl (C=O) groups excluding carboxylic acids is 1. The van der Waals surface area contributed by atoms with Crippen molar-refractivity contribution < 1.29 is 18.3 Å². The lowest BCUT2D eigenvalue weighted by Gasteiger charge is -2.24. The van der Waals surface area contributed by atoms with Crippen molar-refractivity contribution in [2.24, 2.45) is 5.92 Å². The number of aromatic nitrogens is 1. The standard InChI is InChI=1S/C25H21F2NO2/c1-3-21-24(4-2,25(21)17-10-6-5-9-16(17)23(29)30-25)18-13-15(26)14-19(27)22(18)20-11-7-8-12-28-20/h5-14,21H,3-4H2,1-2H3. The van der Waals surface area contributed by atoms with Gasteiger partial charge in [-0.3, -0.25) is 4.98 Å². The van der Waals surface area contributed by atoms with Gasteiger partial charge in [-0.05, 0) is 42.7 Å². The van der Waals surface area contributed by atoms with Crippen LogP contribution < -0.4 is 0 Å². The molecule has 0 radical (unpaired) electrons. The van der Waals surface area contributed by atoms with E-state index in [0.29, 0.717) is 29.7 Å². The van der Waals surface area contributed by atoms with Crippen LogP contribution >= 0.6 is 0 Å². The number of carbonyl (C=O) groups is 1. The largest absolute Gasteiger partial charge is 0.449 e. The van der Waals surface area contributed by atoms with Crippen LogP contribution in [0.15, 0.2) is 60.8 Å². The predicted molar refractivity (Wildman–Crippen MR) is 109 cm³/mol. The summed E-state index contributed by atoms with van der Waals surface area (Å²) in [6, 6.07) is 14.9. The number of halogens is 2. The number of benzene rings is 2. The smallest absolute Gasteiger partial charge is 0.339 e. The molecule has 3 aromatic rings. The van der Waals surface area contributed by atoms with E-state index < -0.39 is 22.7 Å². The molecule has 1 aromatic heterocycles. The molecule has 0 saturated heterocycles. The van der Waals surface area contributed by atoms with Crippen LogP contribution in [0.25, 0.3) is 11.3 Å². The minimum absolute atomic E-state index is 0.0914. The molecule has 0 bridgehead atoms. The van der Waals surface area contributed by atoms with Crippen molar-refractivity contribution in [3.63, 3.8) is 0 Å². The maximum absolute atomic E-state index is 15.2. The van der Waals surface area contributed by atoms with Crippen LogP contribution in [0.2, 0.25) is 0 Å². The molecule has 0 N–H and O–H groups in total. The Kier molecular flexibility index (Phi) is 4.07. The molecule has 1 fully saturated rings. The summed E-state index contributed by atoms with van der Waals surface area (Å²) in [6.07, 6.45) is 2.86. The minimum Gasteiger partial charge on any atom is -0.449 e. The fraction of sp³-hybridized carbons (Fsp3) is 0.280. The van der Waals surface area contributed by atoms with Gasteiger partial charge in [0, 0.05) is 34.7 Å². The zero-order chi connectivity index (χ0) is 21.1. The molecular weight excluding hydrogens is 384 g/mol. The van der Waals surface area contributed by atoms with Crippen LogP contribution in [0.3, 0.4) is 0 Å². The van der Waals surface area contributed by atoms with E-state index in [9.17, 15) is 9.18 Å². The lowest BCUT2D eigenvalue weighted by atomic mass is 9.81. The van der Waals surface area contributed by atoms with Crippen molar-refractivity contribution in [2.45, 2.75) is 37.7 Å². The molecule has 1 aliphatic heterocycles. The van der Waals surface area contributed by atoms with E-state index in [-0.39, 0.29) is 17.5 Å². The summed E-state index contributed by atoms with van der Waals surface area (Å²) in [6.45, 7) is 4.01. The third-order valence-electron chi connectivity index (χ3n) is 6.89. The van der Waals surface area contributed by atoms with Gasteiger partial charge in [-0.15, -0.1) is 0 Å². The Hall–Kier alpha value is -3.08. The molecule has 2 aliphatic rings. The third-order valence-corrected chi connectivity index (χ3v) is 6.89. The Balaban J connectivity index is 1.82. The van der Waals surface area contributed by atoms with Crippen LogP contribution in [0.5, 0.6) is 0 Å². The number of hydrogen-bond donors (Lipinski definition) is 0. The van der Waals surface area contributed by atoms with Gasteiger partial charge in [0.2, 0.25) is 0 Å². The molecule has 3 unspecified atom stereocenters. The first kappa shape index (κ1) is 18.9. The molecule has 3 atom stereocenters. The lowest BCUT2D eigenvalue weighted by Crippen LogP contribution is -2.23. The van der Waals surface area contributed by atoms with Gasteiger partial charge in [0.05, 0.1) is 11.3 Å². The Bertz CT molecular complexity index is 1160. The molecule has 2 heterocycles. The number of esters is 1. The zero-order valence-electron chi connectivity index (χ0n) is 16.8. The SMILES string of the molecule is CCC1C(CC)(c2cc(F)cc(F)c2-c2ccccn2)C12OC(=O)c1ccccc12. The summed E-state index contributed by atoms with van der Waals surface area (Å²) < 4.78 is 35.8. The van der Waals surface area contributed by atoms with Gasteiger partial charge >= 0.3 is 5.97 Å². The van der Waals surface area contributed by atoms with Crippen LogP contribution in [0, 0.1) is 17.6 Å². The van der Waals surface area contributed by atoms with Gasteiger partial charge in [0.15, 0.2) is 5.60 Å². The van der Waals surface area contributed by atoms with Crippen molar-refractivity contribution in [1.82, 2.24) is 4.98 Å². The zero-order valence-corrected chi connectivity index (χ0v) is 16.8. The second kappa shape index (κ2) is 6.46. The predicted octanol–water partition coefficient (Wildman–Crippen LogP) is 5.78.